The molecule has 1 aromatic heterocycles. The molecule has 1 heterocycles. The zero-order valence-corrected chi connectivity index (χ0v) is 9.63. The van der Waals surface area contributed by atoms with Gasteiger partial charge in [-0.2, -0.15) is 0 Å². The molecule has 0 fully saturated rings. The maximum absolute atomic E-state index is 13.3. The highest BCUT2D eigenvalue weighted by Crippen LogP contribution is 2.27. The molecule has 1 nitrogen and oxygen atoms in total. The molecule has 0 aliphatic heterocycles. The number of aromatic nitrogens is 1. The molecule has 0 amide bonds. The van der Waals surface area contributed by atoms with Crippen molar-refractivity contribution in [1.29, 1.82) is 0 Å². The third kappa shape index (κ3) is 1.81. The number of halogens is 2. The van der Waals surface area contributed by atoms with Crippen LogP contribution in [0.4, 0.5) is 4.39 Å². The van der Waals surface area contributed by atoms with E-state index < -0.39 is 5.82 Å². The lowest BCUT2D eigenvalue weighted by Crippen LogP contribution is -1.76. The molecule has 0 unspecified atom stereocenters. The molecule has 0 spiro atoms. The van der Waals surface area contributed by atoms with Gasteiger partial charge in [0.15, 0.2) is 0 Å². The first-order chi connectivity index (χ1) is 8.24. The summed E-state index contributed by atoms with van der Waals surface area (Å²) in [4.78, 5) is 3.23. The quantitative estimate of drug-likeness (QED) is 0.644. The first kappa shape index (κ1) is 10.4. The molecule has 1 N–H and O–H groups in total. The zero-order chi connectivity index (χ0) is 11.8. The van der Waals surface area contributed by atoms with E-state index >= 15 is 0 Å². The first-order valence-electron chi connectivity index (χ1n) is 5.27. The molecule has 3 aromatic rings. The van der Waals surface area contributed by atoms with Crippen LogP contribution < -0.4 is 0 Å². The summed E-state index contributed by atoms with van der Waals surface area (Å²) in [5.41, 5.74) is 2.87. The Kier molecular flexibility index (Phi) is 2.37. The maximum atomic E-state index is 13.3. The van der Waals surface area contributed by atoms with Crippen molar-refractivity contribution in [2.24, 2.45) is 0 Å². The fraction of sp³-hybridized carbons (Fsp3) is 0. The lowest BCUT2D eigenvalue weighted by Gasteiger charge is -1.95. The molecular formula is C14H9ClFN. The lowest BCUT2D eigenvalue weighted by atomic mass is 10.1. The average Bonchev–Trinajstić information content (AvgIpc) is 2.74. The van der Waals surface area contributed by atoms with Crippen molar-refractivity contribution in [1.82, 2.24) is 4.98 Å². The Bertz CT molecular complexity index is 634. The predicted octanol–water partition coefficient (Wildman–Crippen LogP) is 4.63. The van der Waals surface area contributed by atoms with Gasteiger partial charge in [-0.3, -0.25) is 0 Å². The van der Waals surface area contributed by atoms with Gasteiger partial charge in [-0.15, -0.1) is 0 Å². The van der Waals surface area contributed by atoms with Crippen LogP contribution in [0.25, 0.3) is 22.2 Å². The van der Waals surface area contributed by atoms with E-state index in [1.165, 1.54) is 6.07 Å². The molecule has 0 radical (unpaired) electrons. The summed E-state index contributed by atoms with van der Waals surface area (Å²) in [5, 5.41) is 0.963. The number of nitrogens with one attached hydrogen (secondary N) is 1. The predicted molar refractivity (Wildman–Crippen MR) is 68.7 cm³/mol. The van der Waals surface area contributed by atoms with Gasteiger partial charge >= 0.3 is 0 Å². The van der Waals surface area contributed by atoms with Crippen molar-refractivity contribution < 1.29 is 4.39 Å². The number of H-pyrrole nitrogens is 1. The van der Waals surface area contributed by atoms with Gasteiger partial charge in [0.2, 0.25) is 0 Å². The van der Waals surface area contributed by atoms with Crippen LogP contribution in [0.5, 0.6) is 0 Å². The molecule has 0 saturated carbocycles. The molecule has 84 valence electrons. The summed E-state index contributed by atoms with van der Waals surface area (Å²) in [6, 6.07) is 14.9. The molecular weight excluding hydrogens is 237 g/mol. The summed E-state index contributed by atoms with van der Waals surface area (Å²) in [7, 11) is 0. The van der Waals surface area contributed by atoms with E-state index in [9.17, 15) is 4.39 Å². The molecule has 0 bridgehead atoms. The van der Waals surface area contributed by atoms with Crippen molar-refractivity contribution in [2.45, 2.75) is 0 Å². The smallest absolute Gasteiger partial charge is 0.142 e. The lowest BCUT2D eigenvalue weighted by molar-refractivity contribution is 0.630. The number of benzene rings is 2. The van der Waals surface area contributed by atoms with Crippen LogP contribution in [0.1, 0.15) is 0 Å². The van der Waals surface area contributed by atoms with E-state index in [0.29, 0.717) is 0 Å². The van der Waals surface area contributed by atoms with Crippen molar-refractivity contribution >= 4 is 22.5 Å². The Morgan fingerprint density at radius 1 is 1.00 bits per heavy atom. The van der Waals surface area contributed by atoms with Gasteiger partial charge in [0.1, 0.15) is 5.82 Å². The summed E-state index contributed by atoms with van der Waals surface area (Å²) < 4.78 is 13.3. The van der Waals surface area contributed by atoms with Gasteiger partial charge in [0, 0.05) is 16.6 Å². The van der Waals surface area contributed by atoms with Crippen LogP contribution >= 0.6 is 11.6 Å². The second kappa shape index (κ2) is 3.90. The minimum atomic E-state index is -0.391. The van der Waals surface area contributed by atoms with Gasteiger partial charge < -0.3 is 4.98 Å². The monoisotopic (exact) mass is 245 g/mol. The standard InChI is InChI=1S/C14H9ClFN/c15-11-8-14-10(6-12(11)16)7-13(17-14)9-4-2-1-3-5-9/h1-8,17H. The number of hydrogen-bond acceptors (Lipinski definition) is 0. The van der Waals surface area contributed by atoms with Crippen LogP contribution in [0.15, 0.2) is 48.5 Å². The van der Waals surface area contributed by atoms with Crippen molar-refractivity contribution in [3.8, 4) is 11.3 Å². The number of aromatic amines is 1. The SMILES string of the molecule is Fc1cc2cc(-c3ccccc3)[nH]c2cc1Cl. The summed E-state index contributed by atoms with van der Waals surface area (Å²) in [5.74, 6) is -0.391. The van der Waals surface area contributed by atoms with E-state index in [0.717, 1.165) is 22.2 Å². The van der Waals surface area contributed by atoms with Crippen LogP contribution in [0.2, 0.25) is 5.02 Å². The van der Waals surface area contributed by atoms with Crippen LogP contribution in [0, 0.1) is 5.82 Å². The molecule has 0 aliphatic rings. The van der Waals surface area contributed by atoms with E-state index in [-0.39, 0.29) is 5.02 Å². The molecule has 17 heavy (non-hydrogen) atoms. The molecule has 0 atom stereocenters. The molecule has 3 rings (SSSR count). The number of hydrogen-bond donors (Lipinski definition) is 1. The van der Waals surface area contributed by atoms with Gasteiger partial charge in [-0.1, -0.05) is 41.9 Å². The van der Waals surface area contributed by atoms with Gasteiger partial charge in [-0.25, -0.2) is 4.39 Å². The number of rotatable bonds is 1. The Balaban J connectivity index is 2.21. The Morgan fingerprint density at radius 3 is 2.53 bits per heavy atom. The molecule has 0 aliphatic carbocycles. The average molecular weight is 246 g/mol. The Hall–Kier alpha value is -1.80. The van der Waals surface area contributed by atoms with Crippen molar-refractivity contribution in [3.63, 3.8) is 0 Å². The topological polar surface area (TPSA) is 15.8 Å². The van der Waals surface area contributed by atoms with Gasteiger partial charge in [-0.05, 0) is 23.8 Å². The third-order valence-corrected chi connectivity index (χ3v) is 3.04. The highest BCUT2D eigenvalue weighted by Gasteiger charge is 2.06. The van der Waals surface area contributed by atoms with Crippen LogP contribution in [-0.2, 0) is 0 Å². The third-order valence-electron chi connectivity index (χ3n) is 2.75. The Labute approximate surface area is 103 Å². The van der Waals surface area contributed by atoms with E-state index in [4.69, 9.17) is 11.6 Å². The van der Waals surface area contributed by atoms with Gasteiger partial charge in [0.25, 0.3) is 0 Å². The minimum absolute atomic E-state index is 0.138. The fourth-order valence-electron chi connectivity index (χ4n) is 1.90. The molecule has 3 heteroatoms. The highest BCUT2D eigenvalue weighted by molar-refractivity contribution is 6.31. The van der Waals surface area contributed by atoms with Crippen molar-refractivity contribution in [2.75, 3.05) is 0 Å². The highest BCUT2D eigenvalue weighted by atomic mass is 35.5. The van der Waals surface area contributed by atoms with Gasteiger partial charge in [0.05, 0.1) is 5.02 Å². The van der Waals surface area contributed by atoms with Crippen molar-refractivity contribution in [3.05, 3.63) is 59.4 Å². The minimum Gasteiger partial charge on any atom is -0.354 e. The molecule has 0 saturated heterocycles. The summed E-state index contributed by atoms with van der Waals surface area (Å²) in [6.07, 6.45) is 0. The Morgan fingerprint density at radius 2 is 1.76 bits per heavy atom. The zero-order valence-electron chi connectivity index (χ0n) is 8.87. The fourth-order valence-corrected chi connectivity index (χ4v) is 2.06. The summed E-state index contributed by atoms with van der Waals surface area (Å²) in [6.45, 7) is 0. The van der Waals surface area contributed by atoms with E-state index in [1.54, 1.807) is 6.07 Å². The maximum Gasteiger partial charge on any atom is 0.142 e. The largest absolute Gasteiger partial charge is 0.354 e. The first-order valence-corrected chi connectivity index (χ1v) is 5.65. The van der Waals surface area contributed by atoms with E-state index in [1.807, 2.05) is 36.4 Å². The van der Waals surface area contributed by atoms with E-state index in [2.05, 4.69) is 4.98 Å². The second-order valence-corrected chi connectivity index (χ2v) is 4.31. The van der Waals surface area contributed by atoms with Crippen LogP contribution in [-0.4, -0.2) is 4.98 Å². The summed E-state index contributed by atoms with van der Waals surface area (Å²) >= 11 is 5.75. The number of fused-ring (bicyclic) bond motifs is 1. The molecule has 2 aromatic carbocycles. The van der Waals surface area contributed by atoms with Crippen LogP contribution in [0.3, 0.4) is 0 Å². The normalized spacial score (nSPS) is 10.9. The second-order valence-electron chi connectivity index (χ2n) is 3.90.